The van der Waals surface area contributed by atoms with E-state index in [0.29, 0.717) is 6.54 Å². The van der Waals surface area contributed by atoms with Crippen LogP contribution >= 0.6 is 24.0 Å². The summed E-state index contributed by atoms with van der Waals surface area (Å²) in [4.78, 5) is 4.87. The van der Waals surface area contributed by atoms with Gasteiger partial charge in [0.15, 0.2) is 0 Å². The molecule has 3 aromatic rings. The molecule has 5 heteroatoms. The first-order valence-corrected chi connectivity index (χ1v) is 10.6. The van der Waals surface area contributed by atoms with Crippen molar-refractivity contribution >= 4 is 41.3 Å². The number of aryl methyl sites for hydroxylation is 6. The highest BCUT2D eigenvalue weighted by molar-refractivity contribution is 6.30. The molecule has 0 fully saturated rings. The zero-order chi connectivity index (χ0) is 21.8. The summed E-state index contributed by atoms with van der Waals surface area (Å²) in [5.41, 5.74) is 10.6. The fourth-order valence-corrected chi connectivity index (χ4v) is 3.99. The van der Waals surface area contributed by atoms with E-state index in [-0.39, 0.29) is 12.4 Å². The van der Waals surface area contributed by atoms with Crippen molar-refractivity contribution in [1.29, 1.82) is 0 Å². The number of halogens is 2. The van der Waals surface area contributed by atoms with Crippen LogP contribution in [0.1, 0.15) is 38.9 Å². The van der Waals surface area contributed by atoms with Crippen LogP contribution < -0.4 is 10.6 Å². The lowest BCUT2D eigenvalue weighted by molar-refractivity contribution is 1.06. The summed E-state index contributed by atoms with van der Waals surface area (Å²) in [5.74, 6) is 0.732. The van der Waals surface area contributed by atoms with Crippen molar-refractivity contribution in [2.24, 2.45) is 4.99 Å². The van der Waals surface area contributed by atoms with E-state index in [1.165, 1.54) is 33.4 Å². The van der Waals surface area contributed by atoms with Gasteiger partial charge in [0.05, 0.1) is 6.54 Å². The third-order valence-electron chi connectivity index (χ3n) is 5.17. The average molecular weight is 456 g/mol. The van der Waals surface area contributed by atoms with E-state index < -0.39 is 0 Å². The molecule has 0 heterocycles. The number of guanidine groups is 1. The number of aliphatic imine (C=N–C) groups is 1. The highest BCUT2D eigenvalue weighted by atomic mass is 35.5. The van der Waals surface area contributed by atoms with Gasteiger partial charge in [-0.05, 0) is 81.5 Å². The second kappa shape index (κ2) is 10.7. The largest absolute Gasteiger partial charge is 0.326 e. The van der Waals surface area contributed by atoms with Gasteiger partial charge in [-0.25, -0.2) is 4.99 Å². The Labute approximate surface area is 197 Å². The summed E-state index contributed by atoms with van der Waals surface area (Å²) < 4.78 is 0. The molecule has 0 saturated carbocycles. The van der Waals surface area contributed by atoms with Crippen LogP contribution in [0.2, 0.25) is 5.02 Å². The first-order chi connectivity index (χ1) is 14.2. The van der Waals surface area contributed by atoms with Crippen molar-refractivity contribution in [3.05, 3.63) is 92.5 Å². The Bertz CT molecular complexity index is 979. The van der Waals surface area contributed by atoms with Gasteiger partial charge in [0.2, 0.25) is 5.96 Å². The molecule has 164 valence electrons. The number of nitrogens with one attached hydrogen (secondary N) is 2. The fourth-order valence-electron chi connectivity index (χ4n) is 3.86. The minimum atomic E-state index is 0. The predicted octanol–water partition coefficient (Wildman–Crippen LogP) is 7.69. The summed E-state index contributed by atoms with van der Waals surface area (Å²) in [6.45, 7) is 13.3. The highest BCUT2D eigenvalue weighted by Gasteiger charge is 2.11. The van der Waals surface area contributed by atoms with Crippen molar-refractivity contribution in [3.8, 4) is 0 Å². The molecule has 31 heavy (non-hydrogen) atoms. The van der Waals surface area contributed by atoms with Crippen molar-refractivity contribution in [3.63, 3.8) is 0 Å². The van der Waals surface area contributed by atoms with E-state index in [0.717, 1.165) is 27.9 Å². The molecule has 0 aromatic heterocycles. The molecule has 3 aromatic carbocycles. The van der Waals surface area contributed by atoms with Gasteiger partial charge in [-0.1, -0.05) is 59.1 Å². The van der Waals surface area contributed by atoms with Crippen LogP contribution in [0.5, 0.6) is 0 Å². The third-order valence-corrected chi connectivity index (χ3v) is 5.43. The summed E-state index contributed by atoms with van der Waals surface area (Å²) in [6.07, 6.45) is 0. The smallest absolute Gasteiger partial charge is 0.200 e. The third kappa shape index (κ3) is 6.49. The maximum atomic E-state index is 6.02. The number of hydrogen-bond donors (Lipinski definition) is 2. The van der Waals surface area contributed by atoms with E-state index in [2.05, 4.69) is 76.4 Å². The monoisotopic (exact) mass is 455 g/mol. The molecule has 3 nitrogen and oxygen atoms in total. The highest BCUT2D eigenvalue weighted by Crippen LogP contribution is 2.25. The quantitative estimate of drug-likeness (QED) is 0.312. The molecular weight excluding hydrogens is 425 g/mol. The van der Waals surface area contributed by atoms with Gasteiger partial charge in [-0.15, -0.1) is 12.4 Å². The maximum absolute atomic E-state index is 6.02. The van der Waals surface area contributed by atoms with Gasteiger partial charge in [0.1, 0.15) is 0 Å². The number of nitrogens with zero attached hydrogens (tertiary/aromatic N) is 1. The molecule has 0 saturated heterocycles. The molecule has 0 atom stereocenters. The topological polar surface area (TPSA) is 36.4 Å². The maximum Gasteiger partial charge on any atom is 0.200 e. The van der Waals surface area contributed by atoms with E-state index >= 15 is 0 Å². The second-order valence-corrected chi connectivity index (χ2v) is 8.53. The van der Waals surface area contributed by atoms with Crippen LogP contribution in [0.4, 0.5) is 11.4 Å². The van der Waals surface area contributed by atoms with Crippen LogP contribution in [0, 0.1) is 41.5 Å². The van der Waals surface area contributed by atoms with Crippen LogP contribution in [-0.2, 0) is 6.54 Å². The molecule has 0 spiro atoms. The van der Waals surface area contributed by atoms with E-state index in [9.17, 15) is 0 Å². The van der Waals surface area contributed by atoms with Crippen LogP contribution in [0.3, 0.4) is 0 Å². The average Bonchev–Trinajstić information content (AvgIpc) is 2.66. The first-order valence-electron chi connectivity index (χ1n) is 10.2. The molecule has 0 amide bonds. The van der Waals surface area contributed by atoms with Crippen molar-refractivity contribution < 1.29 is 0 Å². The van der Waals surface area contributed by atoms with Crippen molar-refractivity contribution in [2.75, 3.05) is 10.6 Å². The molecule has 0 aliphatic rings. The van der Waals surface area contributed by atoms with E-state index in [1.54, 1.807) is 0 Å². The second-order valence-electron chi connectivity index (χ2n) is 8.09. The van der Waals surface area contributed by atoms with Crippen LogP contribution in [0.25, 0.3) is 0 Å². The lowest BCUT2D eigenvalue weighted by Crippen LogP contribution is -2.24. The number of benzene rings is 3. The van der Waals surface area contributed by atoms with Gasteiger partial charge >= 0.3 is 0 Å². The molecule has 0 aliphatic heterocycles. The lowest BCUT2D eigenvalue weighted by atomic mass is 10.0. The Morgan fingerprint density at radius 1 is 0.710 bits per heavy atom. The summed E-state index contributed by atoms with van der Waals surface area (Å²) in [5, 5.41) is 7.84. The Kier molecular flexibility index (Phi) is 8.55. The Morgan fingerprint density at radius 2 is 1.10 bits per heavy atom. The number of rotatable bonds is 4. The van der Waals surface area contributed by atoms with Crippen LogP contribution in [0.15, 0.2) is 53.5 Å². The fraction of sp³-hybridized carbons (Fsp3) is 0.269. The Balaban J connectivity index is 0.00000341. The van der Waals surface area contributed by atoms with Gasteiger partial charge < -0.3 is 10.6 Å². The van der Waals surface area contributed by atoms with Gasteiger partial charge in [-0.2, -0.15) is 0 Å². The predicted molar refractivity (Wildman–Crippen MR) is 138 cm³/mol. The molecule has 0 radical (unpaired) electrons. The van der Waals surface area contributed by atoms with Gasteiger partial charge in [-0.3, -0.25) is 0 Å². The zero-order valence-corrected chi connectivity index (χ0v) is 20.6. The minimum absolute atomic E-state index is 0. The molecule has 2 N–H and O–H groups in total. The SMILES string of the molecule is Cc1cc(C)c(NC(=NCc2ccc(Cl)cc2)Nc2c(C)cc(C)cc2C)c(C)c1.Cl. The number of anilines is 2. The zero-order valence-electron chi connectivity index (χ0n) is 19.1. The Hall–Kier alpha value is -2.49. The first kappa shape index (κ1) is 24.8. The minimum Gasteiger partial charge on any atom is -0.326 e. The molecule has 0 bridgehead atoms. The normalized spacial score (nSPS) is 10.3. The van der Waals surface area contributed by atoms with E-state index in [4.69, 9.17) is 16.6 Å². The Morgan fingerprint density at radius 3 is 1.48 bits per heavy atom. The lowest BCUT2D eigenvalue weighted by Gasteiger charge is -2.19. The van der Waals surface area contributed by atoms with Gasteiger partial charge in [0, 0.05) is 16.4 Å². The summed E-state index contributed by atoms with van der Waals surface area (Å²) >= 11 is 6.02. The summed E-state index contributed by atoms with van der Waals surface area (Å²) in [6, 6.07) is 16.6. The molecule has 3 rings (SSSR count). The molecule has 0 aliphatic carbocycles. The van der Waals surface area contributed by atoms with E-state index in [1.807, 2.05) is 24.3 Å². The van der Waals surface area contributed by atoms with Crippen LogP contribution in [-0.4, -0.2) is 5.96 Å². The number of hydrogen-bond acceptors (Lipinski definition) is 1. The molecule has 0 unspecified atom stereocenters. The molecular formula is C26H31Cl2N3. The summed E-state index contributed by atoms with van der Waals surface area (Å²) in [7, 11) is 0. The standard InChI is InChI=1S/C26H30ClN3.ClH/c1-16-11-18(3)24(19(4)12-16)29-26(28-15-22-7-9-23(27)10-8-22)30-25-20(5)13-17(2)14-21(25)6;/h7-14H,15H2,1-6H3,(H2,28,29,30);1H. The van der Waals surface area contributed by atoms with Crippen molar-refractivity contribution in [2.45, 2.75) is 48.1 Å². The van der Waals surface area contributed by atoms with Gasteiger partial charge in [0.25, 0.3) is 0 Å². The van der Waals surface area contributed by atoms with Crippen molar-refractivity contribution in [1.82, 2.24) is 0 Å².